The molecular formula is C14H24N2. The number of benzene rings is 1. The summed E-state index contributed by atoms with van der Waals surface area (Å²) >= 11 is 0. The van der Waals surface area contributed by atoms with Crippen molar-refractivity contribution in [3.63, 3.8) is 0 Å². The SMILES string of the molecule is CCc1ccc(N(C)C(CC)CNC)cc1. The number of nitrogens with one attached hydrogen (secondary N) is 1. The van der Waals surface area contributed by atoms with Crippen LogP contribution >= 0.6 is 0 Å². The number of nitrogens with zero attached hydrogens (tertiary/aromatic N) is 1. The minimum absolute atomic E-state index is 0.567. The molecule has 0 aromatic heterocycles. The molecular weight excluding hydrogens is 196 g/mol. The van der Waals surface area contributed by atoms with Crippen LogP contribution in [0, 0.1) is 0 Å². The van der Waals surface area contributed by atoms with Crippen LogP contribution in [0.25, 0.3) is 0 Å². The highest BCUT2D eigenvalue weighted by Crippen LogP contribution is 2.17. The summed E-state index contributed by atoms with van der Waals surface area (Å²) in [6, 6.07) is 9.45. The van der Waals surface area contributed by atoms with Crippen LogP contribution in [0.2, 0.25) is 0 Å². The molecule has 0 heterocycles. The van der Waals surface area contributed by atoms with Crippen LogP contribution in [0.3, 0.4) is 0 Å². The van der Waals surface area contributed by atoms with Crippen LogP contribution in [0.1, 0.15) is 25.8 Å². The Bertz CT molecular complexity index is 292. The Labute approximate surface area is 99.7 Å². The third kappa shape index (κ3) is 3.24. The average Bonchev–Trinajstić information content (AvgIpc) is 2.35. The molecule has 1 atom stereocenters. The Balaban J connectivity index is 2.73. The molecule has 0 saturated carbocycles. The van der Waals surface area contributed by atoms with Gasteiger partial charge < -0.3 is 10.2 Å². The highest BCUT2D eigenvalue weighted by molar-refractivity contribution is 5.47. The highest BCUT2D eigenvalue weighted by atomic mass is 15.1. The van der Waals surface area contributed by atoms with Gasteiger partial charge in [-0.05, 0) is 37.6 Å². The zero-order valence-corrected chi connectivity index (χ0v) is 11.0. The molecule has 0 saturated heterocycles. The predicted molar refractivity (Wildman–Crippen MR) is 72.2 cm³/mol. The second-order valence-corrected chi connectivity index (χ2v) is 4.25. The van der Waals surface area contributed by atoms with Crippen molar-refractivity contribution in [1.29, 1.82) is 0 Å². The maximum Gasteiger partial charge on any atom is 0.0408 e. The van der Waals surface area contributed by atoms with Gasteiger partial charge in [0.05, 0.1) is 0 Å². The Kier molecular flexibility index (Phi) is 5.33. The van der Waals surface area contributed by atoms with Crippen molar-refractivity contribution in [2.24, 2.45) is 0 Å². The molecule has 0 aliphatic rings. The molecule has 1 rings (SSSR count). The van der Waals surface area contributed by atoms with Gasteiger partial charge in [-0.15, -0.1) is 0 Å². The predicted octanol–water partition coefficient (Wildman–Crippen LogP) is 2.68. The summed E-state index contributed by atoms with van der Waals surface area (Å²) in [6.45, 7) is 5.45. The lowest BCUT2D eigenvalue weighted by atomic mass is 10.1. The van der Waals surface area contributed by atoms with Gasteiger partial charge in [0.15, 0.2) is 0 Å². The summed E-state index contributed by atoms with van der Waals surface area (Å²) < 4.78 is 0. The van der Waals surface area contributed by atoms with E-state index in [1.54, 1.807) is 0 Å². The fourth-order valence-corrected chi connectivity index (χ4v) is 1.97. The summed E-state index contributed by atoms with van der Waals surface area (Å²) in [7, 11) is 4.18. The standard InChI is InChI=1S/C14H24N2/c1-5-12-7-9-14(10-8-12)16(4)13(6-2)11-15-3/h7-10,13,15H,5-6,11H2,1-4H3. The van der Waals surface area contributed by atoms with E-state index in [1.807, 2.05) is 7.05 Å². The number of aryl methyl sites for hydroxylation is 1. The lowest BCUT2D eigenvalue weighted by Gasteiger charge is -2.29. The van der Waals surface area contributed by atoms with E-state index in [1.165, 1.54) is 11.3 Å². The molecule has 1 N–H and O–H groups in total. The zero-order valence-electron chi connectivity index (χ0n) is 11.0. The fraction of sp³-hybridized carbons (Fsp3) is 0.571. The summed E-state index contributed by atoms with van der Waals surface area (Å²) in [5.74, 6) is 0. The number of likely N-dealkylation sites (N-methyl/N-ethyl adjacent to an activating group) is 2. The van der Waals surface area contributed by atoms with Crippen molar-refractivity contribution >= 4 is 5.69 Å². The Morgan fingerprint density at radius 1 is 1.19 bits per heavy atom. The molecule has 0 radical (unpaired) electrons. The first-order chi connectivity index (χ1) is 7.72. The van der Waals surface area contributed by atoms with Gasteiger partial charge in [0.25, 0.3) is 0 Å². The Morgan fingerprint density at radius 3 is 2.25 bits per heavy atom. The van der Waals surface area contributed by atoms with Gasteiger partial charge in [-0.2, -0.15) is 0 Å². The normalized spacial score (nSPS) is 12.5. The number of rotatable bonds is 6. The van der Waals surface area contributed by atoms with Crippen molar-refractivity contribution in [1.82, 2.24) is 5.32 Å². The summed E-state index contributed by atoms with van der Waals surface area (Å²) in [5.41, 5.74) is 2.71. The quantitative estimate of drug-likeness (QED) is 0.793. The molecule has 0 bridgehead atoms. The fourth-order valence-electron chi connectivity index (χ4n) is 1.97. The minimum Gasteiger partial charge on any atom is -0.370 e. The Morgan fingerprint density at radius 2 is 1.81 bits per heavy atom. The molecule has 1 unspecified atom stereocenters. The topological polar surface area (TPSA) is 15.3 Å². The monoisotopic (exact) mass is 220 g/mol. The molecule has 90 valence electrons. The number of hydrogen-bond donors (Lipinski definition) is 1. The van der Waals surface area contributed by atoms with E-state index in [-0.39, 0.29) is 0 Å². The molecule has 0 fully saturated rings. The van der Waals surface area contributed by atoms with Crippen LogP contribution in [-0.2, 0) is 6.42 Å². The second kappa shape index (κ2) is 6.54. The van der Waals surface area contributed by atoms with Gasteiger partial charge in [0, 0.05) is 25.3 Å². The molecule has 0 spiro atoms. The van der Waals surface area contributed by atoms with Crippen molar-refractivity contribution in [2.45, 2.75) is 32.7 Å². The van der Waals surface area contributed by atoms with E-state index >= 15 is 0 Å². The maximum absolute atomic E-state index is 3.25. The van der Waals surface area contributed by atoms with Crippen LogP contribution in [0.5, 0.6) is 0 Å². The summed E-state index contributed by atoms with van der Waals surface area (Å²) in [6.07, 6.45) is 2.27. The molecule has 0 aliphatic carbocycles. The molecule has 0 amide bonds. The van der Waals surface area contributed by atoms with E-state index in [0.717, 1.165) is 19.4 Å². The summed E-state index contributed by atoms with van der Waals surface area (Å²) in [5, 5.41) is 3.25. The van der Waals surface area contributed by atoms with E-state index in [2.05, 4.69) is 55.4 Å². The molecule has 1 aromatic rings. The summed E-state index contributed by atoms with van der Waals surface area (Å²) in [4.78, 5) is 2.36. The first kappa shape index (κ1) is 13.0. The van der Waals surface area contributed by atoms with E-state index in [0.29, 0.717) is 6.04 Å². The first-order valence-electron chi connectivity index (χ1n) is 6.19. The van der Waals surface area contributed by atoms with Crippen LogP contribution in [0.15, 0.2) is 24.3 Å². The number of hydrogen-bond acceptors (Lipinski definition) is 2. The third-order valence-electron chi connectivity index (χ3n) is 3.21. The van der Waals surface area contributed by atoms with Gasteiger partial charge in [0.1, 0.15) is 0 Å². The molecule has 16 heavy (non-hydrogen) atoms. The lowest BCUT2D eigenvalue weighted by molar-refractivity contribution is 0.572. The zero-order chi connectivity index (χ0) is 12.0. The Hall–Kier alpha value is -1.02. The maximum atomic E-state index is 3.25. The first-order valence-corrected chi connectivity index (χ1v) is 6.19. The van der Waals surface area contributed by atoms with E-state index in [4.69, 9.17) is 0 Å². The van der Waals surface area contributed by atoms with Gasteiger partial charge >= 0.3 is 0 Å². The molecule has 0 aliphatic heterocycles. The third-order valence-corrected chi connectivity index (χ3v) is 3.21. The van der Waals surface area contributed by atoms with Gasteiger partial charge in [-0.25, -0.2) is 0 Å². The van der Waals surface area contributed by atoms with Crippen LogP contribution < -0.4 is 10.2 Å². The highest BCUT2D eigenvalue weighted by Gasteiger charge is 2.11. The van der Waals surface area contributed by atoms with Gasteiger partial charge in [0.2, 0.25) is 0 Å². The smallest absolute Gasteiger partial charge is 0.0408 e. The number of anilines is 1. The lowest BCUT2D eigenvalue weighted by Crippen LogP contribution is -2.38. The minimum atomic E-state index is 0.567. The largest absolute Gasteiger partial charge is 0.370 e. The van der Waals surface area contributed by atoms with Crippen molar-refractivity contribution in [3.05, 3.63) is 29.8 Å². The van der Waals surface area contributed by atoms with E-state index in [9.17, 15) is 0 Å². The van der Waals surface area contributed by atoms with E-state index < -0.39 is 0 Å². The van der Waals surface area contributed by atoms with Crippen LogP contribution in [0.4, 0.5) is 5.69 Å². The molecule has 2 nitrogen and oxygen atoms in total. The molecule has 2 heteroatoms. The van der Waals surface area contributed by atoms with Gasteiger partial charge in [-0.3, -0.25) is 0 Å². The van der Waals surface area contributed by atoms with Crippen LogP contribution in [-0.4, -0.2) is 26.7 Å². The van der Waals surface area contributed by atoms with Crippen molar-refractivity contribution in [2.75, 3.05) is 25.5 Å². The average molecular weight is 220 g/mol. The second-order valence-electron chi connectivity index (χ2n) is 4.25. The molecule has 1 aromatic carbocycles. The van der Waals surface area contributed by atoms with Gasteiger partial charge in [-0.1, -0.05) is 26.0 Å². The van der Waals surface area contributed by atoms with Crippen molar-refractivity contribution in [3.8, 4) is 0 Å². The van der Waals surface area contributed by atoms with Crippen molar-refractivity contribution < 1.29 is 0 Å².